The molecule has 3 heterocycles. The van der Waals surface area contributed by atoms with Crippen LogP contribution >= 0.6 is 22.9 Å². The Morgan fingerprint density at radius 3 is 2.50 bits per heavy atom. The van der Waals surface area contributed by atoms with Crippen LogP contribution in [-0.4, -0.2) is 38.0 Å². The minimum Gasteiger partial charge on any atom is -0.478 e. The summed E-state index contributed by atoms with van der Waals surface area (Å²) in [6.45, 7) is 3.39. The third-order valence-electron chi connectivity index (χ3n) is 5.44. The Morgan fingerprint density at radius 2 is 1.90 bits per heavy atom. The van der Waals surface area contributed by atoms with Gasteiger partial charge < -0.3 is 20.1 Å². The number of anilines is 2. The third-order valence-corrected chi connectivity index (χ3v) is 6.40. The second-order valence-electron chi connectivity index (χ2n) is 8.60. The number of carbonyl (C=O) groups is 2. The Bertz CT molecular complexity index is 1520. The molecule has 0 radical (unpaired) electrons. The summed E-state index contributed by atoms with van der Waals surface area (Å²) in [6, 6.07) is 6.85. The van der Waals surface area contributed by atoms with Crippen LogP contribution in [0.5, 0.6) is 11.6 Å². The van der Waals surface area contributed by atoms with Gasteiger partial charge in [-0.3, -0.25) is 4.79 Å². The van der Waals surface area contributed by atoms with E-state index in [2.05, 4.69) is 20.3 Å². The summed E-state index contributed by atoms with van der Waals surface area (Å²) in [5.74, 6) is -2.98. The summed E-state index contributed by atoms with van der Waals surface area (Å²) in [4.78, 5) is 38.5. The number of amides is 1. The highest BCUT2D eigenvalue weighted by Crippen LogP contribution is 2.38. The van der Waals surface area contributed by atoms with Crippen LogP contribution in [0.2, 0.25) is 5.02 Å². The maximum Gasteiger partial charge on any atom is 0.421 e. The molecule has 0 spiro atoms. The van der Waals surface area contributed by atoms with E-state index >= 15 is 0 Å². The van der Waals surface area contributed by atoms with Gasteiger partial charge in [0.15, 0.2) is 5.13 Å². The molecule has 40 heavy (non-hydrogen) atoms. The van der Waals surface area contributed by atoms with Gasteiger partial charge in [-0.05, 0) is 55.8 Å². The van der Waals surface area contributed by atoms with Crippen molar-refractivity contribution in [2.24, 2.45) is 0 Å². The zero-order chi connectivity index (χ0) is 29.0. The standard InChI is InChI=1S/C26H21ClF3N5O4S/c1-14(2)35(23(36)20-5-3-16(27)13-32-20)21-6-4-17(10-18(21)24(37)38)39-22-19(26(28,29)30)9-15(11-33-22)12-34-25-31-7-8-40-25/h3-11,13-14H,12H2,1-2H3,(H,31,34)(H,37,38). The molecule has 0 saturated carbocycles. The first-order valence-corrected chi connectivity index (χ1v) is 12.9. The topological polar surface area (TPSA) is 118 Å². The van der Waals surface area contributed by atoms with E-state index in [1.807, 2.05) is 0 Å². The summed E-state index contributed by atoms with van der Waals surface area (Å²) in [5.41, 5.74) is -1.24. The quantitative estimate of drug-likeness (QED) is 0.219. The zero-order valence-electron chi connectivity index (χ0n) is 20.9. The molecule has 2 N–H and O–H groups in total. The van der Waals surface area contributed by atoms with Crippen molar-refractivity contribution in [3.63, 3.8) is 0 Å². The van der Waals surface area contributed by atoms with E-state index in [4.69, 9.17) is 16.3 Å². The van der Waals surface area contributed by atoms with Gasteiger partial charge in [-0.1, -0.05) is 11.6 Å². The number of nitrogens with one attached hydrogen (secondary N) is 1. The molecule has 208 valence electrons. The Kier molecular flexibility index (Phi) is 8.55. The first-order chi connectivity index (χ1) is 18.9. The smallest absolute Gasteiger partial charge is 0.421 e. The van der Waals surface area contributed by atoms with Crippen molar-refractivity contribution in [3.05, 3.63) is 87.8 Å². The lowest BCUT2D eigenvalue weighted by Crippen LogP contribution is -2.38. The van der Waals surface area contributed by atoms with E-state index in [0.717, 1.165) is 12.1 Å². The van der Waals surface area contributed by atoms with Crippen LogP contribution in [0.4, 0.5) is 24.0 Å². The highest BCUT2D eigenvalue weighted by molar-refractivity contribution is 7.13. The number of alkyl halides is 3. The number of ether oxygens (including phenoxy) is 1. The van der Waals surface area contributed by atoms with Crippen LogP contribution in [0, 0.1) is 0 Å². The number of hydrogen-bond donors (Lipinski definition) is 2. The summed E-state index contributed by atoms with van der Waals surface area (Å²) in [6.07, 6.45) is -0.740. The molecule has 0 fully saturated rings. The number of carboxylic acids is 1. The molecule has 9 nitrogen and oxygen atoms in total. The molecule has 0 aliphatic carbocycles. The predicted molar refractivity (Wildman–Crippen MR) is 143 cm³/mol. The normalized spacial score (nSPS) is 11.4. The number of hydrogen-bond acceptors (Lipinski definition) is 8. The maximum absolute atomic E-state index is 13.9. The number of nitrogens with zero attached hydrogens (tertiary/aromatic N) is 4. The van der Waals surface area contributed by atoms with E-state index in [9.17, 15) is 27.9 Å². The van der Waals surface area contributed by atoms with Crippen molar-refractivity contribution < 1.29 is 32.6 Å². The van der Waals surface area contributed by atoms with Crippen LogP contribution in [0.1, 0.15) is 45.8 Å². The van der Waals surface area contributed by atoms with E-state index in [-0.39, 0.29) is 34.8 Å². The van der Waals surface area contributed by atoms with Crippen molar-refractivity contribution in [2.45, 2.75) is 32.6 Å². The Hall–Kier alpha value is -4.23. The van der Waals surface area contributed by atoms with Gasteiger partial charge in [-0.25, -0.2) is 19.7 Å². The molecule has 0 unspecified atom stereocenters. The fourth-order valence-electron chi connectivity index (χ4n) is 3.68. The lowest BCUT2D eigenvalue weighted by atomic mass is 10.1. The summed E-state index contributed by atoms with van der Waals surface area (Å²) >= 11 is 7.15. The monoisotopic (exact) mass is 591 g/mol. The van der Waals surface area contributed by atoms with Crippen molar-refractivity contribution in [1.82, 2.24) is 15.0 Å². The SMILES string of the molecule is CC(C)N(C(=O)c1ccc(Cl)cn1)c1ccc(Oc2ncc(CNc3nccs3)cc2C(F)(F)F)cc1C(=O)O. The van der Waals surface area contributed by atoms with Gasteiger partial charge in [0, 0.05) is 36.6 Å². The van der Waals surface area contributed by atoms with Crippen LogP contribution in [0.15, 0.2) is 60.4 Å². The lowest BCUT2D eigenvalue weighted by molar-refractivity contribution is -0.138. The summed E-state index contributed by atoms with van der Waals surface area (Å²) in [5, 5.41) is 15.4. The van der Waals surface area contributed by atoms with Gasteiger partial charge in [0.25, 0.3) is 5.91 Å². The number of rotatable bonds is 9. The van der Waals surface area contributed by atoms with Gasteiger partial charge in [-0.2, -0.15) is 13.2 Å². The number of pyridine rings is 2. The Morgan fingerprint density at radius 1 is 1.12 bits per heavy atom. The maximum atomic E-state index is 13.9. The van der Waals surface area contributed by atoms with Crippen molar-refractivity contribution in [1.29, 1.82) is 0 Å². The first-order valence-electron chi connectivity index (χ1n) is 11.6. The molecular weight excluding hydrogens is 571 g/mol. The number of aromatic nitrogens is 3. The van der Waals surface area contributed by atoms with Crippen LogP contribution in [0.25, 0.3) is 0 Å². The number of halogens is 4. The number of carbonyl (C=O) groups excluding carboxylic acids is 1. The molecule has 0 bridgehead atoms. The highest BCUT2D eigenvalue weighted by Gasteiger charge is 2.36. The molecule has 14 heteroatoms. The van der Waals surface area contributed by atoms with E-state index < -0.39 is 35.5 Å². The molecular formula is C26H21ClF3N5O4S. The molecule has 3 aromatic heterocycles. The van der Waals surface area contributed by atoms with Crippen LogP contribution < -0.4 is 15.0 Å². The zero-order valence-corrected chi connectivity index (χ0v) is 22.5. The van der Waals surface area contributed by atoms with Crippen molar-refractivity contribution in [3.8, 4) is 11.6 Å². The highest BCUT2D eigenvalue weighted by atomic mass is 35.5. The van der Waals surface area contributed by atoms with Gasteiger partial charge >= 0.3 is 12.1 Å². The second kappa shape index (κ2) is 11.9. The number of aromatic carboxylic acids is 1. The summed E-state index contributed by atoms with van der Waals surface area (Å²) in [7, 11) is 0. The lowest BCUT2D eigenvalue weighted by Gasteiger charge is -2.28. The molecule has 0 saturated heterocycles. The van der Waals surface area contributed by atoms with Crippen molar-refractivity contribution >= 4 is 45.6 Å². The van der Waals surface area contributed by atoms with E-state index in [1.54, 1.807) is 25.4 Å². The van der Waals surface area contributed by atoms with E-state index in [1.165, 1.54) is 52.9 Å². The average Bonchev–Trinajstić information content (AvgIpc) is 3.42. The second-order valence-corrected chi connectivity index (χ2v) is 9.93. The minimum absolute atomic E-state index is 0.00390. The molecule has 4 rings (SSSR count). The van der Waals surface area contributed by atoms with Gasteiger partial charge in [0.1, 0.15) is 17.0 Å². The van der Waals surface area contributed by atoms with Crippen LogP contribution in [0.3, 0.4) is 0 Å². The Labute approximate surface area is 235 Å². The van der Waals surface area contributed by atoms with E-state index in [0.29, 0.717) is 10.2 Å². The predicted octanol–water partition coefficient (Wildman–Crippen LogP) is 6.76. The largest absolute Gasteiger partial charge is 0.478 e. The molecule has 0 aliphatic rings. The average molecular weight is 592 g/mol. The molecule has 0 atom stereocenters. The molecule has 0 aliphatic heterocycles. The number of carboxylic acid groups (broad SMARTS) is 1. The summed E-state index contributed by atoms with van der Waals surface area (Å²) < 4.78 is 47.1. The Balaban J connectivity index is 1.65. The molecule has 1 aromatic carbocycles. The minimum atomic E-state index is -4.80. The first kappa shape index (κ1) is 28.8. The van der Waals surface area contributed by atoms with Crippen LogP contribution in [-0.2, 0) is 12.7 Å². The number of benzene rings is 1. The molecule has 4 aromatic rings. The fourth-order valence-corrected chi connectivity index (χ4v) is 4.32. The number of thiazole rings is 1. The van der Waals surface area contributed by atoms with Gasteiger partial charge in [-0.15, -0.1) is 11.3 Å². The van der Waals surface area contributed by atoms with Crippen molar-refractivity contribution in [2.75, 3.05) is 10.2 Å². The fraction of sp³-hybridized carbons (Fsp3) is 0.192. The molecule has 1 amide bonds. The van der Waals surface area contributed by atoms with Gasteiger partial charge in [0.05, 0.1) is 16.3 Å². The van der Waals surface area contributed by atoms with Gasteiger partial charge in [0.2, 0.25) is 5.88 Å². The third kappa shape index (κ3) is 6.66.